The van der Waals surface area contributed by atoms with E-state index in [1.807, 2.05) is 30.3 Å². The molecule has 1 aromatic carbocycles. The Kier molecular flexibility index (Phi) is 4.71. The highest BCUT2D eigenvalue weighted by Gasteiger charge is 2.31. The number of hydrogen-bond donors (Lipinski definition) is 2. The molecule has 0 radical (unpaired) electrons. The summed E-state index contributed by atoms with van der Waals surface area (Å²) >= 11 is 0. The number of aliphatic hydroxyl groups excluding tert-OH is 1. The molecule has 102 valence electrons. The standard InChI is InChI=1S/C15H18O4/c16-14-7-6-12(8-15(17)18)13(14)10-19-9-11-4-2-1-3-5-11/h1-7,12-14,16H,8-10H2,(H,17,18)/t12?,13-,14-/m0/s1. The van der Waals surface area contributed by atoms with Crippen molar-refractivity contribution in [3.63, 3.8) is 0 Å². The minimum absolute atomic E-state index is 0.0346. The molecular weight excluding hydrogens is 244 g/mol. The average Bonchev–Trinajstić information content (AvgIpc) is 2.72. The van der Waals surface area contributed by atoms with E-state index in [0.717, 1.165) is 5.56 Å². The first-order chi connectivity index (χ1) is 9.16. The summed E-state index contributed by atoms with van der Waals surface area (Å²) in [7, 11) is 0. The van der Waals surface area contributed by atoms with Crippen LogP contribution in [-0.4, -0.2) is 28.9 Å². The zero-order valence-electron chi connectivity index (χ0n) is 10.6. The number of aliphatic hydroxyl groups is 1. The molecule has 4 nitrogen and oxygen atoms in total. The smallest absolute Gasteiger partial charge is 0.303 e. The SMILES string of the molecule is O=C(O)CC1C=C[C@H](O)[C@H]1COCc1ccccc1. The van der Waals surface area contributed by atoms with E-state index in [1.54, 1.807) is 12.2 Å². The van der Waals surface area contributed by atoms with E-state index >= 15 is 0 Å². The fourth-order valence-electron chi connectivity index (χ4n) is 2.33. The van der Waals surface area contributed by atoms with Crippen molar-refractivity contribution in [1.29, 1.82) is 0 Å². The van der Waals surface area contributed by atoms with E-state index in [2.05, 4.69) is 0 Å². The summed E-state index contributed by atoms with van der Waals surface area (Å²) in [5.74, 6) is -1.17. The van der Waals surface area contributed by atoms with Crippen molar-refractivity contribution < 1.29 is 19.7 Å². The molecule has 0 spiro atoms. The van der Waals surface area contributed by atoms with E-state index in [0.29, 0.717) is 13.2 Å². The molecule has 0 fully saturated rings. The molecule has 1 aromatic rings. The van der Waals surface area contributed by atoms with E-state index in [4.69, 9.17) is 9.84 Å². The Morgan fingerprint density at radius 1 is 1.21 bits per heavy atom. The molecule has 0 heterocycles. The Bertz CT molecular complexity index is 441. The van der Waals surface area contributed by atoms with Crippen molar-refractivity contribution in [2.75, 3.05) is 6.61 Å². The molecule has 2 N–H and O–H groups in total. The molecule has 1 aliphatic rings. The fraction of sp³-hybridized carbons (Fsp3) is 0.400. The van der Waals surface area contributed by atoms with Crippen LogP contribution in [0.4, 0.5) is 0 Å². The van der Waals surface area contributed by atoms with Crippen molar-refractivity contribution >= 4 is 5.97 Å². The van der Waals surface area contributed by atoms with Gasteiger partial charge in [0, 0.05) is 5.92 Å². The molecule has 0 bridgehead atoms. The number of aliphatic carboxylic acids is 1. The molecule has 0 aliphatic heterocycles. The Morgan fingerprint density at radius 2 is 1.95 bits per heavy atom. The van der Waals surface area contributed by atoms with Crippen molar-refractivity contribution in [2.24, 2.45) is 11.8 Å². The molecule has 2 rings (SSSR count). The van der Waals surface area contributed by atoms with Gasteiger partial charge in [0.25, 0.3) is 0 Å². The van der Waals surface area contributed by atoms with Crippen LogP contribution in [0.5, 0.6) is 0 Å². The second-order valence-corrected chi connectivity index (χ2v) is 4.80. The lowest BCUT2D eigenvalue weighted by Gasteiger charge is -2.21. The number of ether oxygens (including phenoxy) is 1. The van der Waals surface area contributed by atoms with Crippen LogP contribution in [0.25, 0.3) is 0 Å². The van der Waals surface area contributed by atoms with E-state index < -0.39 is 12.1 Å². The molecule has 4 heteroatoms. The largest absolute Gasteiger partial charge is 0.481 e. The summed E-state index contributed by atoms with van der Waals surface area (Å²) in [4.78, 5) is 10.7. The van der Waals surface area contributed by atoms with Gasteiger partial charge in [0.05, 0.1) is 25.7 Å². The lowest BCUT2D eigenvalue weighted by atomic mass is 9.92. The summed E-state index contributed by atoms with van der Waals surface area (Å²) in [6.07, 6.45) is 2.85. The molecule has 3 atom stereocenters. The van der Waals surface area contributed by atoms with Gasteiger partial charge >= 0.3 is 5.97 Å². The highest BCUT2D eigenvalue weighted by molar-refractivity contribution is 5.67. The third-order valence-corrected chi connectivity index (χ3v) is 3.38. The summed E-state index contributed by atoms with van der Waals surface area (Å²) in [6, 6.07) is 9.77. The molecule has 0 amide bonds. The highest BCUT2D eigenvalue weighted by atomic mass is 16.5. The maximum atomic E-state index is 10.7. The minimum Gasteiger partial charge on any atom is -0.481 e. The molecule has 19 heavy (non-hydrogen) atoms. The monoisotopic (exact) mass is 262 g/mol. The first-order valence-electron chi connectivity index (χ1n) is 6.36. The number of carboxylic acids is 1. The number of benzene rings is 1. The van der Waals surface area contributed by atoms with Crippen molar-refractivity contribution in [3.05, 3.63) is 48.0 Å². The second-order valence-electron chi connectivity index (χ2n) is 4.80. The summed E-state index contributed by atoms with van der Waals surface area (Å²) in [6.45, 7) is 0.838. The molecule has 0 saturated heterocycles. The van der Waals surface area contributed by atoms with Gasteiger partial charge in [0.2, 0.25) is 0 Å². The van der Waals surface area contributed by atoms with Crippen LogP contribution in [0.2, 0.25) is 0 Å². The van der Waals surface area contributed by atoms with Crippen LogP contribution >= 0.6 is 0 Å². The van der Waals surface area contributed by atoms with Crippen LogP contribution in [-0.2, 0) is 16.1 Å². The summed E-state index contributed by atoms with van der Waals surface area (Å²) in [5, 5.41) is 18.6. The predicted octanol–water partition coefficient (Wildman–Crippen LogP) is 1.84. The maximum Gasteiger partial charge on any atom is 0.303 e. The van der Waals surface area contributed by atoms with Gasteiger partial charge in [-0.05, 0) is 11.5 Å². The van der Waals surface area contributed by atoms with Gasteiger partial charge in [-0.1, -0.05) is 42.5 Å². The molecule has 0 saturated carbocycles. The lowest BCUT2D eigenvalue weighted by Crippen LogP contribution is -2.26. The van der Waals surface area contributed by atoms with Crippen LogP contribution in [0.15, 0.2) is 42.5 Å². The van der Waals surface area contributed by atoms with Crippen molar-refractivity contribution in [1.82, 2.24) is 0 Å². The molecule has 1 aliphatic carbocycles. The summed E-state index contributed by atoms with van der Waals surface area (Å²) in [5.41, 5.74) is 1.07. The number of rotatable bonds is 6. The molecule has 0 aromatic heterocycles. The van der Waals surface area contributed by atoms with Gasteiger partial charge in [0.1, 0.15) is 0 Å². The van der Waals surface area contributed by atoms with Gasteiger partial charge in [-0.15, -0.1) is 0 Å². The second kappa shape index (κ2) is 6.50. The van der Waals surface area contributed by atoms with Gasteiger partial charge in [-0.2, -0.15) is 0 Å². The third-order valence-electron chi connectivity index (χ3n) is 3.38. The Morgan fingerprint density at radius 3 is 2.63 bits per heavy atom. The van der Waals surface area contributed by atoms with E-state index in [1.165, 1.54) is 0 Å². The third kappa shape index (κ3) is 3.91. The van der Waals surface area contributed by atoms with Gasteiger partial charge in [-0.25, -0.2) is 0 Å². The Hall–Kier alpha value is -1.65. The van der Waals surface area contributed by atoms with E-state index in [9.17, 15) is 9.90 Å². The zero-order chi connectivity index (χ0) is 13.7. The maximum absolute atomic E-state index is 10.7. The minimum atomic E-state index is -0.850. The zero-order valence-corrected chi connectivity index (χ0v) is 10.6. The van der Waals surface area contributed by atoms with Crippen LogP contribution in [0, 0.1) is 11.8 Å². The lowest BCUT2D eigenvalue weighted by molar-refractivity contribution is -0.138. The van der Waals surface area contributed by atoms with Crippen LogP contribution in [0.1, 0.15) is 12.0 Å². The highest BCUT2D eigenvalue weighted by Crippen LogP contribution is 2.29. The molecular formula is C15H18O4. The van der Waals surface area contributed by atoms with Crippen molar-refractivity contribution in [2.45, 2.75) is 19.1 Å². The Labute approximate surface area is 112 Å². The van der Waals surface area contributed by atoms with Crippen molar-refractivity contribution in [3.8, 4) is 0 Å². The predicted molar refractivity (Wildman–Crippen MR) is 70.5 cm³/mol. The topological polar surface area (TPSA) is 66.8 Å². The van der Waals surface area contributed by atoms with E-state index in [-0.39, 0.29) is 18.3 Å². The number of carboxylic acid groups (broad SMARTS) is 1. The summed E-state index contributed by atoms with van der Waals surface area (Å²) < 4.78 is 5.59. The van der Waals surface area contributed by atoms with Gasteiger partial charge < -0.3 is 14.9 Å². The van der Waals surface area contributed by atoms with Gasteiger partial charge in [-0.3, -0.25) is 4.79 Å². The number of allylic oxidation sites excluding steroid dienone is 1. The first-order valence-corrected chi connectivity index (χ1v) is 6.36. The number of carbonyl (C=O) groups is 1. The van der Waals surface area contributed by atoms with Crippen LogP contribution < -0.4 is 0 Å². The average molecular weight is 262 g/mol. The molecule has 1 unspecified atom stereocenters. The fourth-order valence-corrected chi connectivity index (χ4v) is 2.33. The quantitative estimate of drug-likeness (QED) is 0.768. The normalized spacial score (nSPS) is 25.6. The first kappa shape index (κ1) is 13.8. The number of hydrogen-bond acceptors (Lipinski definition) is 3. The van der Waals surface area contributed by atoms with Gasteiger partial charge in [0.15, 0.2) is 0 Å². The van der Waals surface area contributed by atoms with Crippen LogP contribution in [0.3, 0.4) is 0 Å². The Balaban J connectivity index is 1.82.